The molecule has 0 saturated carbocycles. The van der Waals surface area contributed by atoms with Crippen LogP contribution < -0.4 is 4.74 Å². The van der Waals surface area contributed by atoms with E-state index in [2.05, 4.69) is 0 Å². The summed E-state index contributed by atoms with van der Waals surface area (Å²) in [5.74, 6) is 0.625. The lowest BCUT2D eigenvalue weighted by molar-refractivity contribution is 0.271. The maximum Gasteiger partial charge on any atom is 0.246 e. The number of sulfonamides is 2. The zero-order valence-corrected chi connectivity index (χ0v) is 20.9. The van der Waals surface area contributed by atoms with Crippen LogP contribution in [-0.2, 0) is 20.0 Å². The minimum absolute atomic E-state index is 0.0181. The number of aryl methyl sites for hydroxylation is 2. The molecule has 0 aromatic heterocycles. The third-order valence-electron chi connectivity index (χ3n) is 5.25. The highest BCUT2D eigenvalue weighted by atomic mass is 32.2. The Morgan fingerprint density at radius 1 is 0.939 bits per heavy atom. The Hall–Kier alpha value is -2.45. The molecule has 0 spiro atoms. The van der Waals surface area contributed by atoms with E-state index in [1.807, 2.05) is 39.8 Å². The Bertz CT molecular complexity index is 1250. The Morgan fingerprint density at radius 3 is 2.06 bits per heavy atom. The lowest BCUT2D eigenvalue weighted by Gasteiger charge is -2.33. The van der Waals surface area contributed by atoms with E-state index >= 15 is 0 Å². The summed E-state index contributed by atoms with van der Waals surface area (Å²) in [5.41, 5.74) is 2.14. The molecule has 10 heteroatoms. The molecule has 0 bridgehead atoms. The molecule has 1 aliphatic rings. The Labute approximate surface area is 196 Å². The van der Waals surface area contributed by atoms with E-state index in [9.17, 15) is 22.1 Å². The molecule has 3 rings (SSSR count). The fourth-order valence-corrected chi connectivity index (χ4v) is 7.17. The molecule has 2 aromatic carbocycles. The van der Waals surface area contributed by atoms with Crippen molar-refractivity contribution in [2.75, 3.05) is 31.9 Å². The van der Waals surface area contributed by atoms with Crippen LogP contribution in [0.25, 0.3) is 0 Å². The van der Waals surface area contributed by atoms with E-state index in [-0.39, 0.29) is 54.1 Å². The van der Waals surface area contributed by atoms with Gasteiger partial charge >= 0.3 is 0 Å². The molecule has 2 aromatic rings. The fraction of sp³-hybridized carbons (Fsp3) is 0.435. The van der Waals surface area contributed by atoms with E-state index in [1.165, 1.54) is 26.8 Å². The summed E-state index contributed by atoms with van der Waals surface area (Å²) < 4.78 is 60.6. The Kier molecular flexibility index (Phi) is 7.49. The lowest BCUT2D eigenvalue weighted by Crippen LogP contribution is -2.51. The van der Waals surface area contributed by atoms with Crippen LogP contribution >= 0.6 is 0 Å². The van der Waals surface area contributed by atoms with Gasteiger partial charge in [0, 0.05) is 26.2 Å². The number of benzene rings is 2. The summed E-state index contributed by atoms with van der Waals surface area (Å²) in [6.45, 7) is 7.72. The number of nitriles is 1. The van der Waals surface area contributed by atoms with Crippen LogP contribution in [0.5, 0.6) is 11.5 Å². The molecule has 0 radical (unpaired) electrons. The number of piperazine rings is 1. The first-order valence-electron chi connectivity index (χ1n) is 10.7. The molecule has 0 aliphatic carbocycles. The van der Waals surface area contributed by atoms with Crippen molar-refractivity contribution in [1.82, 2.24) is 8.61 Å². The monoisotopic (exact) mass is 491 g/mol. The number of hydrogen-bond acceptors (Lipinski definition) is 6. The molecule has 8 nitrogen and oxygen atoms in total. The predicted octanol–water partition coefficient (Wildman–Crippen LogP) is 3.26. The van der Waals surface area contributed by atoms with Gasteiger partial charge in [-0.2, -0.15) is 13.9 Å². The average Bonchev–Trinajstić information content (AvgIpc) is 2.72. The lowest BCUT2D eigenvalue weighted by atomic mass is 10.1. The number of nitrogens with zero attached hydrogens (tertiary/aromatic N) is 3. The van der Waals surface area contributed by atoms with E-state index in [0.717, 1.165) is 11.1 Å². The summed E-state index contributed by atoms with van der Waals surface area (Å²) in [6, 6.07) is 11.9. The molecule has 1 saturated heterocycles. The van der Waals surface area contributed by atoms with Crippen LogP contribution in [0, 0.1) is 31.1 Å². The van der Waals surface area contributed by atoms with Crippen molar-refractivity contribution in [1.29, 1.82) is 5.26 Å². The standard InChI is InChI=1S/C23H29N3O5S2/c1-17(2)16-32(27,28)25-7-9-26(10-8-25)33(29,30)23-14-20(15-24)5-6-22(23)31-21-12-18(3)11-19(4)13-21/h5-6,11-14,17H,7-10,16H2,1-4H3. The van der Waals surface area contributed by atoms with Crippen molar-refractivity contribution >= 4 is 20.0 Å². The minimum atomic E-state index is -4.02. The maximum absolute atomic E-state index is 13.5. The zero-order chi connectivity index (χ0) is 24.4. The van der Waals surface area contributed by atoms with E-state index in [1.54, 1.807) is 12.1 Å². The second-order valence-corrected chi connectivity index (χ2v) is 12.6. The number of hydrogen-bond donors (Lipinski definition) is 0. The zero-order valence-electron chi connectivity index (χ0n) is 19.3. The smallest absolute Gasteiger partial charge is 0.246 e. The van der Waals surface area contributed by atoms with Gasteiger partial charge in [-0.1, -0.05) is 19.9 Å². The number of rotatable bonds is 7. The molecule has 0 atom stereocenters. The first-order chi connectivity index (χ1) is 15.4. The topological polar surface area (TPSA) is 108 Å². The second kappa shape index (κ2) is 9.81. The van der Waals surface area contributed by atoms with Gasteiger partial charge in [-0.3, -0.25) is 0 Å². The molecule has 0 N–H and O–H groups in total. The van der Waals surface area contributed by atoms with E-state index in [4.69, 9.17) is 4.74 Å². The van der Waals surface area contributed by atoms with Crippen LogP contribution in [-0.4, -0.2) is 57.4 Å². The summed E-state index contributed by atoms with van der Waals surface area (Å²) in [7, 11) is -7.46. The predicted molar refractivity (Wildman–Crippen MR) is 126 cm³/mol. The van der Waals surface area contributed by atoms with Crippen LogP contribution in [0.15, 0.2) is 41.3 Å². The second-order valence-electron chi connectivity index (χ2n) is 8.67. The van der Waals surface area contributed by atoms with Crippen molar-refractivity contribution in [3.8, 4) is 17.6 Å². The molecular formula is C23H29N3O5S2. The SMILES string of the molecule is Cc1cc(C)cc(Oc2ccc(C#N)cc2S(=O)(=O)N2CCN(S(=O)(=O)CC(C)C)CC2)c1. The van der Waals surface area contributed by atoms with Gasteiger partial charge in [-0.25, -0.2) is 16.8 Å². The summed E-state index contributed by atoms with van der Waals surface area (Å²) >= 11 is 0. The first-order valence-corrected chi connectivity index (χ1v) is 13.8. The molecule has 0 unspecified atom stereocenters. The molecule has 0 amide bonds. The third-order valence-corrected chi connectivity index (χ3v) is 9.41. The largest absolute Gasteiger partial charge is 0.456 e. The van der Waals surface area contributed by atoms with Gasteiger partial charge in [0.15, 0.2) is 0 Å². The van der Waals surface area contributed by atoms with Gasteiger partial charge in [-0.05, 0) is 61.2 Å². The quantitative estimate of drug-likeness (QED) is 0.588. The van der Waals surface area contributed by atoms with Crippen molar-refractivity contribution in [3.63, 3.8) is 0 Å². The van der Waals surface area contributed by atoms with Crippen LogP contribution in [0.2, 0.25) is 0 Å². The summed E-state index contributed by atoms with van der Waals surface area (Å²) in [4.78, 5) is -0.112. The van der Waals surface area contributed by atoms with Crippen LogP contribution in [0.3, 0.4) is 0 Å². The van der Waals surface area contributed by atoms with Gasteiger partial charge in [0.1, 0.15) is 16.4 Å². The van der Waals surface area contributed by atoms with Crippen molar-refractivity contribution in [2.24, 2.45) is 5.92 Å². The van der Waals surface area contributed by atoms with E-state index < -0.39 is 20.0 Å². The van der Waals surface area contributed by atoms with Crippen LogP contribution in [0.4, 0.5) is 0 Å². The molecular weight excluding hydrogens is 462 g/mol. The fourth-order valence-electron chi connectivity index (χ4n) is 3.84. The molecule has 1 aliphatic heterocycles. The summed E-state index contributed by atoms with van der Waals surface area (Å²) in [6.07, 6.45) is 0. The normalized spacial score (nSPS) is 16.0. The highest BCUT2D eigenvalue weighted by molar-refractivity contribution is 7.89. The Morgan fingerprint density at radius 2 is 1.52 bits per heavy atom. The van der Waals surface area contributed by atoms with Crippen molar-refractivity contribution in [2.45, 2.75) is 32.6 Å². The van der Waals surface area contributed by atoms with E-state index in [0.29, 0.717) is 5.75 Å². The highest BCUT2D eigenvalue weighted by Gasteiger charge is 2.35. The number of ether oxygens (including phenoxy) is 1. The maximum atomic E-state index is 13.5. The molecule has 1 fully saturated rings. The van der Waals surface area contributed by atoms with Crippen LogP contribution in [0.1, 0.15) is 30.5 Å². The highest BCUT2D eigenvalue weighted by Crippen LogP contribution is 2.33. The van der Waals surface area contributed by atoms with Gasteiger partial charge in [0.05, 0.1) is 17.4 Å². The Balaban J connectivity index is 1.89. The van der Waals surface area contributed by atoms with Gasteiger partial charge in [-0.15, -0.1) is 0 Å². The van der Waals surface area contributed by atoms with Gasteiger partial charge in [0.25, 0.3) is 0 Å². The molecule has 178 valence electrons. The third kappa shape index (κ3) is 5.92. The molecule has 1 heterocycles. The average molecular weight is 492 g/mol. The minimum Gasteiger partial charge on any atom is -0.456 e. The first kappa shape index (κ1) is 25.2. The summed E-state index contributed by atoms with van der Waals surface area (Å²) in [5, 5.41) is 9.32. The van der Waals surface area contributed by atoms with Gasteiger partial charge in [0.2, 0.25) is 20.0 Å². The van der Waals surface area contributed by atoms with Gasteiger partial charge < -0.3 is 4.74 Å². The van der Waals surface area contributed by atoms with Crippen molar-refractivity contribution < 1.29 is 21.6 Å². The molecule has 33 heavy (non-hydrogen) atoms. The van der Waals surface area contributed by atoms with Crippen molar-refractivity contribution in [3.05, 3.63) is 53.1 Å².